The van der Waals surface area contributed by atoms with Crippen molar-refractivity contribution >= 4 is 5.71 Å². The van der Waals surface area contributed by atoms with Crippen LogP contribution in [-0.2, 0) is 0 Å². The van der Waals surface area contributed by atoms with Crippen LogP contribution >= 0.6 is 0 Å². The number of hydrogen-bond acceptors (Lipinski definition) is 3. The molecule has 0 amide bonds. The van der Waals surface area contributed by atoms with Gasteiger partial charge in [-0.05, 0) is 58.4 Å². The first kappa shape index (κ1) is 14.8. The summed E-state index contributed by atoms with van der Waals surface area (Å²) < 4.78 is 6.23. The molecule has 0 spiro atoms. The highest BCUT2D eigenvalue weighted by Gasteiger charge is 2.32. The molecule has 1 aliphatic rings. The monoisotopic (exact) mass is 294 g/mol. The van der Waals surface area contributed by atoms with Crippen LogP contribution in [0.2, 0.25) is 0 Å². The second-order valence-electron chi connectivity index (χ2n) is 6.48. The van der Waals surface area contributed by atoms with Gasteiger partial charge in [-0.2, -0.15) is 0 Å². The molecule has 0 N–H and O–H groups in total. The fourth-order valence-corrected chi connectivity index (χ4v) is 2.54. The van der Waals surface area contributed by atoms with Crippen molar-refractivity contribution in [1.29, 1.82) is 0 Å². The molecule has 3 rings (SSSR count). The van der Waals surface area contributed by atoms with Gasteiger partial charge in [-0.1, -0.05) is 12.1 Å². The minimum Gasteiger partial charge on any atom is -0.485 e. The van der Waals surface area contributed by atoms with Gasteiger partial charge in [0.1, 0.15) is 11.4 Å². The van der Waals surface area contributed by atoms with E-state index in [-0.39, 0.29) is 11.6 Å². The van der Waals surface area contributed by atoms with E-state index in [1.807, 2.05) is 31.3 Å². The molecule has 0 radical (unpaired) electrons. The van der Waals surface area contributed by atoms with E-state index in [2.05, 4.69) is 44.8 Å². The van der Waals surface area contributed by atoms with Crippen molar-refractivity contribution in [3.8, 4) is 5.75 Å². The van der Waals surface area contributed by atoms with Crippen LogP contribution in [0.1, 0.15) is 43.2 Å². The smallest absolute Gasteiger partial charge is 0.129 e. The molecule has 1 aromatic heterocycles. The maximum absolute atomic E-state index is 6.23. The van der Waals surface area contributed by atoms with Crippen molar-refractivity contribution in [2.45, 2.75) is 46.3 Å². The predicted molar refractivity (Wildman–Crippen MR) is 90.0 cm³/mol. The number of ether oxygens (including phenoxy) is 1. The van der Waals surface area contributed by atoms with E-state index >= 15 is 0 Å². The van der Waals surface area contributed by atoms with Crippen molar-refractivity contribution in [1.82, 2.24) is 4.98 Å². The van der Waals surface area contributed by atoms with Gasteiger partial charge in [0.25, 0.3) is 0 Å². The van der Waals surface area contributed by atoms with E-state index in [4.69, 9.17) is 9.73 Å². The molecule has 2 aromatic rings. The number of para-hydroxylation sites is 1. The normalized spacial score (nSPS) is 19.7. The molecular formula is C19H22N2O. The summed E-state index contributed by atoms with van der Waals surface area (Å²) in [6.45, 7) is 10.4. The number of nitrogens with zero attached hydrogens (tertiary/aromatic N) is 2. The zero-order valence-corrected chi connectivity index (χ0v) is 13.8. The molecule has 0 saturated heterocycles. The Morgan fingerprint density at radius 3 is 2.59 bits per heavy atom. The van der Waals surface area contributed by atoms with E-state index in [0.717, 1.165) is 28.3 Å². The summed E-state index contributed by atoms with van der Waals surface area (Å²) in [5.41, 5.74) is 4.92. The molecule has 22 heavy (non-hydrogen) atoms. The summed E-state index contributed by atoms with van der Waals surface area (Å²) in [7, 11) is 0. The van der Waals surface area contributed by atoms with Crippen molar-refractivity contribution in [2.75, 3.05) is 0 Å². The summed E-state index contributed by atoms with van der Waals surface area (Å²) >= 11 is 0. The van der Waals surface area contributed by atoms with E-state index in [1.54, 1.807) is 0 Å². The molecule has 0 bridgehead atoms. The van der Waals surface area contributed by atoms with Crippen LogP contribution in [0.4, 0.5) is 0 Å². The predicted octanol–water partition coefficient (Wildman–Crippen LogP) is 4.10. The standard InChI is InChI=1S/C19H22N2O/c1-12-10-15(11-20-13(12)2)18-16-8-6-7-9-17(16)22-19(4,5)14(3)21-18/h6-11,14H,1-5H3. The lowest BCUT2D eigenvalue weighted by molar-refractivity contribution is 0.0891. The largest absolute Gasteiger partial charge is 0.485 e. The molecule has 114 valence electrons. The molecule has 1 aromatic carbocycles. The Hall–Kier alpha value is -2.16. The van der Waals surface area contributed by atoms with Crippen LogP contribution in [0.3, 0.4) is 0 Å². The summed E-state index contributed by atoms with van der Waals surface area (Å²) in [4.78, 5) is 9.46. The summed E-state index contributed by atoms with van der Waals surface area (Å²) in [5, 5.41) is 0. The number of benzene rings is 1. The van der Waals surface area contributed by atoms with Crippen molar-refractivity contribution < 1.29 is 4.74 Å². The second kappa shape index (κ2) is 5.24. The highest BCUT2D eigenvalue weighted by molar-refractivity contribution is 6.14. The van der Waals surface area contributed by atoms with Gasteiger partial charge in [0.2, 0.25) is 0 Å². The second-order valence-corrected chi connectivity index (χ2v) is 6.48. The first-order valence-corrected chi connectivity index (χ1v) is 7.68. The number of pyridine rings is 1. The van der Waals surface area contributed by atoms with Gasteiger partial charge in [-0.3, -0.25) is 9.98 Å². The topological polar surface area (TPSA) is 34.5 Å². The Balaban J connectivity index is 2.21. The molecular weight excluding hydrogens is 272 g/mol. The van der Waals surface area contributed by atoms with Gasteiger partial charge in [0, 0.05) is 23.0 Å². The molecule has 1 atom stereocenters. The Morgan fingerprint density at radius 1 is 1.14 bits per heavy atom. The van der Waals surface area contributed by atoms with Gasteiger partial charge < -0.3 is 4.74 Å². The average Bonchev–Trinajstić information content (AvgIpc) is 2.57. The average molecular weight is 294 g/mol. The van der Waals surface area contributed by atoms with Crippen LogP contribution < -0.4 is 4.74 Å². The van der Waals surface area contributed by atoms with E-state index in [9.17, 15) is 0 Å². The number of aromatic nitrogens is 1. The SMILES string of the molecule is Cc1cc(C2=NC(C)C(C)(C)Oc3ccccc32)cnc1C. The molecule has 0 fully saturated rings. The zero-order valence-electron chi connectivity index (χ0n) is 13.8. The Morgan fingerprint density at radius 2 is 1.86 bits per heavy atom. The molecule has 2 heterocycles. The van der Waals surface area contributed by atoms with Crippen LogP contribution in [0.5, 0.6) is 5.75 Å². The zero-order chi connectivity index (χ0) is 15.9. The third kappa shape index (κ3) is 2.52. The number of fused-ring (bicyclic) bond motifs is 1. The number of hydrogen-bond donors (Lipinski definition) is 0. The lowest BCUT2D eigenvalue weighted by atomic mass is 10.00. The van der Waals surface area contributed by atoms with Gasteiger partial charge in [-0.25, -0.2) is 0 Å². The number of rotatable bonds is 1. The molecule has 3 nitrogen and oxygen atoms in total. The summed E-state index contributed by atoms with van der Waals surface area (Å²) in [6, 6.07) is 10.3. The highest BCUT2D eigenvalue weighted by atomic mass is 16.5. The van der Waals surface area contributed by atoms with E-state index in [0.29, 0.717) is 0 Å². The van der Waals surface area contributed by atoms with Crippen LogP contribution in [0.15, 0.2) is 41.5 Å². The Labute approximate surface area is 132 Å². The number of aliphatic imine (C=N–C) groups is 1. The minimum absolute atomic E-state index is 0.0523. The van der Waals surface area contributed by atoms with Crippen LogP contribution in [0.25, 0.3) is 0 Å². The minimum atomic E-state index is -0.342. The molecule has 3 heteroatoms. The van der Waals surface area contributed by atoms with Crippen molar-refractivity contribution in [3.05, 3.63) is 58.9 Å². The molecule has 0 aliphatic carbocycles. The van der Waals surface area contributed by atoms with Gasteiger partial charge in [0.15, 0.2) is 0 Å². The third-order valence-electron chi connectivity index (χ3n) is 4.46. The Bertz CT molecular complexity index is 747. The molecule has 0 saturated carbocycles. The summed E-state index contributed by atoms with van der Waals surface area (Å²) in [5.74, 6) is 0.883. The lowest BCUT2D eigenvalue weighted by Gasteiger charge is -2.28. The van der Waals surface area contributed by atoms with Crippen molar-refractivity contribution in [3.63, 3.8) is 0 Å². The maximum atomic E-state index is 6.23. The van der Waals surface area contributed by atoms with Crippen LogP contribution in [-0.4, -0.2) is 22.3 Å². The van der Waals surface area contributed by atoms with E-state index in [1.165, 1.54) is 5.56 Å². The van der Waals surface area contributed by atoms with Gasteiger partial charge in [0.05, 0.1) is 11.8 Å². The quantitative estimate of drug-likeness (QED) is 0.793. The third-order valence-corrected chi connectivity index (χ3v) is 4.46. The van der Waals surface area contributed by atoms with Crippen LogP contribution in [0, 0.1) is 13.8 Å². The molecule has 1 unspecified atom stereocenters. The van der Waals surface area contributed by atoms with E-state index < -0.39 is 0 Å². The van der Waals surface area contributed by atoms with Gasteiger partial charge in [-0.15, -0.1) is 0 Å². The fourth-order valence-electron chi connectivity index (χ4n) is 2.54. The maximum Gasteiger partial charge on any atom is 0.129 e. The fraction of sp³-hybridized carbons (Fsp3) is 0.368. The first-order chi connectivity index (χ1) is 10.4. The van der Waals surface area contributed by atoms with Gasteiger partial charge >= 0.3 is 0 Å². The highest BCUT2D eigenvalue weighted by Crippen LogP contribution is 2.32. The molecule has 1 aliphatic heterocycles. The van der Waals surface area contributed by atoms with Crippen molar-refractivity contribution in [2.24, 2.45) is 4.99 Å². The number of aryl methyl sites for hydroxylation is 2. The lowest BCUT2D eigenvalue weighted by Crippen LogP contribution is -2.38. The Kier molecular flexibility index (Phi) is 3.51. The first-order valence-electron chi connectivity index (χ1n) is 7.68. The summed E-state index contributed by atoms with van der Waals surface area (Å²) in [6.07, 6.45) is 1.91.